The number of para-hydroxylation sites is 2. The zero-order valence-corrected chi connectivity index (χ0v) is 18.2. The Hall–Kier alpha value is -4.72. The highest BCUT2D eigenvalue weighted by molar-refractivity contribution is 5.90. The summed E-state index contributed by atoms with van der Waals surface area (Å²) in [6.07, 6.45) is 10.1. The molecule has 0 atom stereocenters. The minimum atomic E-state index is -1.18. The van der Waals surface area contributed by atoms with Crippen LogP contribution in [0.25, 0.3) is 0 Å². The van der Waals surface area contributed by atoms with Crippen LogP contribution in [-0.2, 0) is 12.8 Å². The molecule has 0 saturated heterocycles. The molecule has 34 heavy (non-hydrogen) atoms. The number of carboxylic acid groups (broad SMARTS) is 2. The number of carbonyl (C=O) groups is 2. The topological polar surface area (TPSA) is 149 Å². The van der Waals surface area contributed by atoms with Crippen molar-refractivity contribution in [3.8, 4) is 11.5 Å². The highest BCUT2D eigenvalue weighted by atomic mass is 16.4. The van der Waals surface area contributed by atoms with Crippen molar-refractivity contribution in [1.82, 2.24) is 0 Å². The van der Waals surface area contributed by atoms with E-state index in [-0.39, 0.29) is 11.1 Å². The van der Waals surface area contributed by atoms with Gasteiger partial charge < -0.3 is 20.4 Å². The highest BCUT2D eigenvalue weighted by Gasteiger charge is 2.00. The first-order valence-electron chi connectivity index (χ1n) is 10.3. The Kier molecular flexibility index (Phi) is 10.2. The van der Waals surface area contributed by atoms with Crippen molar-refractivity contribution in [3.63, 3.8) is 0 Å². The zero-order chi connectivity index (χ0) is 24.8. The molecule has 4 rings (SSSR count). The van der Waals surface area contributed by atoms with Crippen LogP contribution in [0.4, 0.5) is 0 Å². The lowest BCUT2D eigenvalue weighted by molar-refractivity contribution is -0.378. The molecule has 4 N–H and O–H groups in total. The smallest absolute Gasteiger partial charge is 0.335 e. The first-order valence-corrected chi connectivity index (χ1v) is 10.3. The number of nitrogens with one attached hydrogen (secondary N) is 2. The van der Waals surface area contributed by atoms with Gasteiger partial charge in [0.2, 0.25) is 0 Å². The summed E-state index contributed by atoms with van der Waals surface area (Å²) in [5.74, 6) is -3.25. The summed E-state index contributed by atoms with van der Waals surface area (Å²) in [5, 5.41) is 38.1. The molecule has 0 aliphatic carbocycles. The molecule has 4 aromatic rings. The highest BCUT2D eigenvalue weighted by Crippen LogP contribution is 2.11. The van der Waals surface area contributed by atoms with E-state index in [2.05, 4.69) is 34.2 Å². The monoisotopic (exact) mass is 460 g/mol. The van der Waals surface area contributed by atoms with Crippen molar-refractivity contribution < 1.29 is 40.0 Å². The van der Waals surface area contributed by atoms with E-state index in [4.69, 9.17) is 10.2 Å². The second kappa shape index (κ2) is 13.6. The number of hydrogen-bond acceptors (Lipinski definition) is 4. The molecule has 174 valence electrons. The summed E-state index contributed by atoms with van der Waals surface area (Å²) in [6, 6.07) is 19.6. The molecule has 2 heterocycles. The number of aryl methyl sites for hydroxylation is 2. The van der Waals surface area contributed by atoms with E-state index in [0.29, 0.717) is 0 Å². The van der Waals surface area contributed by atoms with Crippen LogP contribution in [0, 0.1) is 0 Å². The van der Waals surface area contributed by atoms with Crippen LogP contribution in [-0.4, -0.2) is 22.2 Å². The van der Waals surface area contributed by atoms with Crippen molar-refractivity contribution >= 4 is 11.9 Å². The summed E-state index contributed by atoms with van der Waals surface area (Å²) in [5.41, 5.74) is 2.39. The lowest BCUT2D eigenvalue weighted by Gasteiger charge is -2.07. The van der Waals surface area contributed by atoms with Gasteiger partial charge >= 0.3 is 11.9 Å². The van der Waals surface area contributed by atoms with E-state index >= 15 is 0 Å². The van der Waals surface area contributed by atoms with Crippen molar-refractivity contribution in [1.29, 1.82) is 0 Å². The largest absolute Gasteiger partial charge is 0.872 e. The van der Waals surface area contributed by atoms with Gasteiger partial charge in [-0.25, -0.2) is 19.6 Å². The van der Waals surface area contributed by atoms with Gasteiger partial charge in [-0.2, -0.15) is 0 Å². The van der Waals surface area contributed by atoms with Crippen molar-refractivity contribution in [2.24, 2.45) is 0 Å². The van der Waals surface area contributed by atoms with Gasteiger partial charge in [0.05, 0.1) is 11.1 Å². The molecule has 8 nitrogen and oxygen atoms in total. The first kappa shape index (κ1) is 25.5. The summed E-state index contributed by atoms with van der Waals surface area (Å²) in [4.78, 5) is 26.5. The Bertz CT molecular complexity index is 1090. The Morgan fingerprint density at radius 3 is 1.18 bits per heavy atom. The minimum absolute atomic E-state index is 0.178. The predicted octanol–water partition coefficient (Wildman–Crippen LogP) is 2.02. The van der Waals surface area contributed by atoms with Crippen LogP contribution in [0.1, 0.15) is 31.8 Å². The molecule has 0 spiro atoms. The lowest BCUT2D eigenvalue weighted by Crippen LogP contribution is -2.02. The number of aromatic carboxylic acids is 2. The maximum Gasteiger partial charge on any atom is 0.335 e. The number of aromatic nitrogens is 2. The molecular formula is C26H24N2O6. The second-order valence-electron chi connectivity index (χ2n) is 6.92. The lowest BCUT2D eigenvalue weighted by atomic mass is 10.1. The van der Waals surface area contributed by atoms with Gasteiger partial charge in [-0.3, -0.25) is 0 Å². The van der Waals surface area contributed by atoms with Gasteiger partial charge in [0, 0.05) is 24.3 Å². The normalized spacial score (nSPS) is 9.53. The van der Waals surface area contributed by atoms with Gasteiger partial charge in [0.25, 0.3) is 0 Å². The van der Waals surface area contributed by atoms with Crippen LogP contribution in [0.5, 0.6) is 11.5 Å². The standard InChI is InChI=1S/C12H12N2.2C7H6O3/c1(11-3-7-13-8-4-11)2-12-5-9-14-10-6-12;2*8-6-4-2-1-3-5(6)7(9)10/h3-10H,1-2H2;2*1-4,8H,(H,9,10). The molecular weight excluding hydrogens is 436 g/mol. The maximum absolute atomic E-state index is 10.7. The molecule has 2 aromatic heterocycles. The average Bonchev–Trinajstić information content (AvgIpc) is 2.85. The molecule has 0 radical (unpaired) electrons. The molecule has 0 bridgehead atoms. The molecule has 8 heteroatoms. The third kappa shape index (κ3) is 8.80. The van der Waals surface area contributed by atoms with Crippen LogP contribution >= 0.6 is 0 Å². The van der Waals surface area contributed by atoms with Gasteiger partial charge in [0.15, 0.2) is 24.8 Å². The summed E-state index contributed by atoms with van der Waals surface area (Å²) < 4.78 is 0. The van der Waals surface area contributed by atoms with Crippen LogP contribution < -0.4 is 20.2 Å². The molecule has 0 aliphatic heterocycles. The zero-order valence-electron chi connectivity index (χ0n) is 18.2. The Morgan fingerprint density at radius 2 is 0.912 bits per heavy atom. The van der Waals surface area contributed by atoms with Crippen molar-refractivity contribution in [3.05, 3.63) is 120 Å². The number of H-pyrrole nitrogens is 2. The van der Waals surface area contributed by atoms with Gasteiger partial charge in [0.1, 0.15) is 0 Å². The fourth-order valence-electron chi connectivity index (χ4n) is 2.75. The molecule has 0 unspecified atom stereocenters. The number of pyridine rings is 2. The van der Waals surface area contributed by atoms with E-state index in [1.165, 1.54) is 59.7 Å². The van der Waals surface area contributed by atoms with Crippen molar-refractivity contribution in [2.45, 2.75) is 12.8 Å². The van der Waals surface area contributed by atoms with E-state index in [0.717, 1.165) is 12.8 Å². The van der Waals surface area contributed by atoms with Crippen LogP contribution in [0.2, 0.25) is 0 Å². The Morgan fingerprint density at radius 1 is 0.588 bits per heavy atom. The number of benzene rings is 2. The fraction of sp³-hybridized carbons (Fsp3) is 0.0769. The van der Waals surface area contributed by atoms with E-state index < -0.39 is 23.4 Å². The molecule has 0 amide bonds. The second-order valence-corrected chi connectivity index (χ2v) is 6.92. The van der Waals surface area contributed by atoms with Gasteiger partial charge in [-0.15, -0.1) is 0 Å². The Labute approximate surface area is 196 Å². The molecule has 0 fully saturated rings. The Balaban J connectivity index is 0.000000185. The minimum Gasteiger partial charge on any atom is -0.872 e. The van der Waals surface area contributed by atoms with E-state index in [9.17, 15) is 19.8 Å². The summed E-state index contributed by atoms with van der Waals surface area (Å²) in [7, 11) is 0. The molecule has 0 saturated carbocycles. The molecule has 0 aliphatic rings. The third-order valence-corrected chi connectivity index (χ3v) is 4.51. The number of aromatic amines is 2. The fourth-order valence-corrected chi connectivity index (χ4v) is 2.75. The first-order chi connectivity index (χ1) is 16.4. The SMILES string of the molecule is O=C(O)c1ccccc1[O-].O=C(O)c1ccccc1[O-].c1cc(CCc2cc[nH+]cc2)cc[nH+]1. The summed E-state index contributed by atoms with van der Waals surface area (Å²) in [6.45, 7) is 0. The van der Waals surface area contributed by atoms with Crippen LogP contribution in [0.3, 0.4) is 0 Å². The van der Waals surface area contributed by atoms with E-state index in [1.54, 1.807) is 0 Å². The van der Waals surface area contributed by atoms with Gasteiger partial charge in [-0.1, -0.05) is 47.9 Å². The maximum atomic E-state index is 10.7. The molecule has 2 aromatic carbocycles. The average molecular weight is 460 g/mol. The number of hydrogen-bond donors (Lipinski definition) is 2. The van der Waals surface area contributed by atoms with Crippen LogP contribution in [0.15, 0.2) is 97.6 Å². The predicted molar refractivity (Wildman–Crippen MR) is 119 cm³/mol. The summed E-state index contributed by atoms with van der Waals surface area (Å²) >= 11 is 0. The van der Waals surface area contributed by atoms with E-state index in [1.807, 2.05) is 24.8 Å². The quantitative estimate of drug-likeness (QED) is 0.465. The van der Waals surface area contributed by atoms with Gasteiger partial charge in [-0.05, 0) is 36.1 Å². The number of rotatable bonds is 5. The third-order valence-electron chi connectivity index (χ3n) is 4.51. The van der Waals surface area contributed by atoms with Crippen molar-refractivity contribution in [2.75, 3.05) is 0 Å². The number of carboxylic acids is 2.